The quantitative estimate of drug-likeness (QED) is 0.407. The third kappa shape index (κ3) is 2.03. The third-order valence-electron chi connectivity index (χ3n) is 1.81. The lowest BCUT2D eigenvalue weighted by Gasteiger charge is -2.03. The van der Waals surface area contributed by atoms with Crippen LogP contribution in [0.15, 0.2) is 18.2 Å². The molecule has 1 aromatic rings. The van der Waals surface area contributed by atoms with Gasteiger partial charge in [-0.25, -0.2) is 10.2 Å². The fraction of sp³-hybridized carbons (Fsp3) is 0.222. The zero-order chi connectivity index (χ0) is 9.84. The van der Waals surface area contributed by atoms with Crippen LogP contribution in [-0.2, 0) is 6.42 Å². The van der Waals surface area contributed by atoms with Crippen molar-refractivity contribution in [3.05, 3.63) is 35.1 Å². The van der Waals surface area contributed by atoms with E-state index in [0.29, 0.717) is 0 Å². The molecule has 0 saturated carbocycles. The average Bonchev–Trinajstić information content (AvgIpc) is 2.17. The Hall–Kier alpha value is -1.42. The first-order valence-electron chi connectivity index (χ1n) is 3.98. The minimum atomic E-state index is -0.604. The normalized spacial score (nSPS) is 9.77. The predicted octanol–water partition coefficient (Wildman–Crippen LogP) is 0.992. The van der Waals surface area contributed by atoms with E-state index >= 15 is 0 Å². The van der Waals surface area contributed by atoms with Gasteiger partial charge in [-0.15, -0.1) is 0 Å². The van der Waals surface area contributed by atoms with Crippen LogP contribution in [-0.4, -0.2) is 5.91 Å². The first-order valence-corrected chi connectivity index (χ1v) is 3.98. The van der Waals surface area contributed by atoms with Crippen molar-refractivity contribution in [3.63, 3.8) is 0 Å². The Morgan fingerprint density at radius 3 is 2.85 bits per heavy atom. The van der Waals surface area contributed by atoms with Gasteiger partial charge in [0.25, 0.3) is 5.91 Å². The Balaban J connectivity index is 3.11. The fourth-order valence-electron chi connectivity index (χ4n) is 1.04. The van der Waals surface area contributed by atoms with Gasteiger partial charge in [-0.05, 0) is 24.1 Å². The highest BCUT2D eigenvalue weighted by Gasteiger charge is 2.09. The lowest BCUT2D eigenvalue weighted by atomic mass is 10.1. The van der Waals surface area contributed by atoms with E-state index in [0.717, 1.165) is 12.0 Å². The topological polar surface area (TPSA) is 55.1 Å². The number of amides is 1. The smallest absolute Gasteiger partial charge is 0.268 e. The van der Waals surface area contributed by atoms with Gasteiger partial charge in [0.1, 0.15) is 5.82 Å². The number of aryl methyl sites for hydroxylation is 1. The summed E-state index contributed by atoms with van der Waals surface area (Å²) in [4.78, 5) is 11.0. The van der Waals surface area contributed by atoms with Crippen LogP contribution in [0.1, 0.15) is 22.8 Å². The van der Waals surface area contributed by atoms with Crippen molar-refractivity contribution in [1.29, 1.82) is 0 Å². The molecule has 0 atom stereocenters. The molecule has 0 spiro atoms. The second-order valence-corrected chi connectivity index (χ2v) is 2.64. The molecule has 0 aliphatic heterocycles. The van der Waals surface area contributed by atoms with E-state index in [-0.39, 0.29) is 5.56 Å². The van der Waals surface area contributed by atoms with Crippen LogP contribution in [0.4, 0.5) is 4.39 Å². The molecule has 0 aromatic heterocycles. The molecule has 1 aromatic carbocycles. The summed E-state index contributed by atoms with van der Waals surface area (Å²) in [6.45, 7) is 1.93. The van der Waals surface area contributed by atoms with Crippen molar-refractivity contribution in [2.45, 2.75) is 13.3 Å². The molecule has 3 N–H and O–H groups in total. The molecule has 0 heterocycles. The molecular weight excluding hydrogens is 171 g/mol. The van der Waals surface area contributed by atoms with Crippen LogP contribution in [0.25, 0.3) is 0 Å². The van der Waals surface area contributed by atoms with Gasteiger partial charge in [-0.1, -0.05) is 13.0 Å². The minimum absolute atomic E-state index is 0.0122. The number of halogens is 1. The van der Waals surface area contributed by atoms with Crippen molar-refractivity contribution in [2.75, 3.05) is 0 Å². The molecule has 4 heteroatoms. The molecule has 0 fully saturated rings. The monoisotopic (exact) mass is 182 g/mol. The fourth-order valence-corrected chi connectivity index (χ4v) is 1.04. The lowest BCUT2D eigenvalue weighted by Crippen LogP contribution is -2.30. The first-order chi connectivity index (χ1) is 6.19. The number of carbonyl (C=O) groups is 1. The highest BCUT2D eigenvalue weighted by atomic mass is 19.1. The third-order valence-corrected chi connectivity index (χ3v) is 1.81. The Morgan fingerprint density at radius 2 is 2.31 bits per heavy atom. The van der Waals surface area contributed by atoms with Crippen LogP contribution in [0.2, 0.25) is 0 Å². The molecule has 0 aliphatic carbocycles. The number of nitrogens with two attached hydrogens (primary N) is 1. The molecule has 70 valence electrons. The summed E-state index contributed by atoms with van der Waals surface area (Å²) in [5, 5.41) is 0. The summed E-state index contributed by atoms with van der Waals surface area (Å²) >= 11 is 0. The van der Waals surface area contributed by atoms with E-state index in [4.69, 9.17) is 5.84 Å². The first kappa shape index (κ1) is 9.67. The van der Waals surface area contributed by atoms with E-state index < -0.39 is 11.7 Å². The van der Waals surface area contributed by atoms with Gasteiger partial charge in [-0.3, -0.25) is 10.2 Å². The van der Waals surface area contributed by atoms with E-state index in [1.807, 2.05) is 12.3 Å². The highest BCUT2D eigenvalue weighted by molar-refractivity contribution is 5.94. The van der Waals surface area contributed by atoms with Gasteiger partial charge in [0.05, 0.1) is 5.56 Å². The number of benzene rings is 1. The van der Waals surface area contributed by atoms with Gasteiger partial charge in [-0.2, -0.15) is 0 Å². The lowest BCUT2D eigenvalue weighted by molar-refractivity contribution is 0.0949. The predicted molar refractivity (Wildman–Crippen MR) is 47.4 cm³/mol. The molecule has 0 unspecified atom stereocenters. The molecule has 0 bridgehead atoms. The average molecular weight is 182 g/mol. The summed E-state index contributed by atoms with van der Waals surface area (Å²) < 4.78 is 13.0. The van der Waals surface area contributed by atoms with Crippen LogP contribution < -0.4 is 11.3 Å². The zero-order valence-corrected chi connectivity index (χ0v) is 7.30. The van der Waals surface area contributed by atoms with E-state index in [1.54, 1.807) is 6.07 Å². The molecule has 0 saturated heterocycles. The SMILES string of the molecule is CCc1ccc(F)c(C(=O)NN)c1. The van der Waals surface area contributed by atoms with Gasteiger partial charge in [0.15, 0.2) is 0 Å². The molecular formula is C9H11FN2O. The number of nitrogen functional groups attached to an aromatic ring is 1. The summed E-state index contributed by atoms with van der Waals surface area (Å²) in [5.41, 5.74) is 2.79. The summed E-state index contributed by atoms with van der Waals surface area (Å²) in [7, 11) is 0. The maximum atomic E-state index is 13.0. The number of hydrogen-bond donors (Lipinski definition) is 2. The van der Waals surface area contributed by atoms with Gasteiger partial charge in [0, 0.05) is 0 Å². The Morgan fingerprint density at radius 1 is 1.62 bits per heavy atom. The van der Waals surface area contributed by atoms with Crippen LogP contribution in [0, 0.1) is 5.82 Å². The van der Waals surface area contributed by atoms with Crippen LogP contribution in [0.3, 0.4) is 0 Å². The number of carbonyl (C=O) groups excluding carboxylic acids is 1. The number of hydrazine groups is 1. The maximum absolute atomic E-state index is 13.0. The maximum Gasteiger partial charge on any atom is 0.268 e. The second kappa shape index (κ2) is 4.00. The Kier molecular flexibility index (Phi) is 2.97. The second-order valence-electron chi connectivity index (χ2n) is 2.64. The van der Waals surface area contributed by atoms with E-state index in [1.165, 1.54) is 12.1 Å². The van der Waals surface area contributed by atoms with Gasteiger partial charge >= 0.3 is 0 Å². The molecule has 0 aliphatic rings. The minimum Gasteiger partial charge on any atom is -0.290 e. The van der Waals surface area contributed by atoms with Gasteiger partial charge in [0.2, 0.25) is 0 Å². The molecule has 3 nitrogen and oxygen atoms in total. The van der Waals surface area contributed by atoms with Crippen molar-refractivity contribution in [3.8, 4) is 0 Å². The number of hydrogen-bond acceptors (Lipinski definition) is 2. The van der Waals surface area contributed by atoms with Crippen molar-refractivity contribution < 1.29 is 9.18 Å². The molecule has 0 radical (unpaired) electrons. The number of nitrogens with one attached hydrogen (secondary N) is 1. The van der Waals surface area contributed by atoms with Crippen molar-refractivity contribution in [1.82, 2.24) is 5.43 Å². The number of rotatable bonds is 2. The highest BCUT2D eigenvalue weighted by Crippen LogP contribution is 2.10. The zero-order valence-electron chi connectivity index (χ0n) is 7.30. The van der Waals surface area contributed by atoms with Crippen LogP contribution in [0.5, 0.6) is 0 Å². The van der Waals surface area contributed by atoms with Crippen molar-refractivity contribution in [2.24, 2.45) is 5.84 Å². The van der Waals surface area contributed by atoms with Gasteiger partial charge < -0.3 is 0 Å². The van der Waals surface area contributed by atoms with E-state index in [2.05, 4.69) is 0 Å². The Bertz CT molecular complexity index is 325. The van der Waals surface area contributed by atoms with Crippen molar-refractivity contribution >= 4 is 5.91 Å². The van der Waals surface area contributed by atoms with Crippen LogP contribution >= 0.6 is 0 Å². The molecule has 1 rings (SSSR count). The standard InChI is InChI=1S/C9H11FN2O/c1-2-6-3-4-8(10)7(5-6)9(13)12-11/h3-5H,2,11H2,1H3,(H,12,13). The van der Waals surface area contributed by atoms with E-state index in [9.17, 15) is 9.18 Å². The summed E-state index contributed by atoms with van der Waals surface area (Å²) in [6, 6.07) is 4.41. The molecule has 1 amide bonds. The molecule has 13 heavy (non-hydrogen) atoms. The Labute approximate surface area is 75.7 Å². The summed E-state index contributed by atoms with van der Waals surface area (Å²) in [6.07, 6.45) is 0.755. The largest absolute Gasteiger partial charge is 0.290 e. The summed E-state index contributed by atoms with van der Waals surface area (Å²) in [5.74, 6) is 3.74.